The Balaban J connectivity index is 2.69. The summed E-state index contributed by atoms with van der Waals surface area (Å²) in [6.45, 7) is 0.406. The number of esters is 1. The smallest absolute Gasteiger partial charge is 0.319 e. The maximum Gasteiger partial charge on any atom is 0.319 e. The molecule has 0 saturated carbocycles. The summed E-state index contributed by atoms with van der Waals surface area (Å²) in [5, 5.41) is 13.5. The second kappa shape index (κ2) is 6.31. The molecule has 0 amide bonds. The maximum absolute atomic E-state index is 10.9. The molecule has 1 aromatic rings. The molecular weight excluding hydrogens is 292 g/mol. The number of nitro benzene ring substituents is 1. The number of halogens is 1. The molecule has 0 aliphatic carbocycles. The van der Waals surface area contributed by atoms with Gasteiger partial charge in [0.2, 0.25) is 0 Å². The number of carbonyl (C=O) groups excluding carboxylic acids is 1. The molecule has 0 aromatic heterocycles. The Kier molecular flexibility index (Phi) is 5.05. The second-order valence-corrected chi connectivity index (χ2v) is 3.98. The number of hydrogen-bond donors (Lipinski definition) is 1. The van der Waals surface area contributed by atoms with Gasteiger partial charge in [-0.1, -0.05) is 12.1 Å². The highest BCUT2D eigenvalue weighted by Crippen LogP contribution is 2.27. The Morgan fingerprint density at radius 1 is 1.59 bits per heavy atom. The Labute approximate surface area is 106 Å². The Morgan fingerprint density at radius 3 is 2.88 bits per heavy atom. The molecule has 0 aliphatic rings. The van der Waals surface area contributed by atoms with E-state index in [9.17, 15) is 14.9 Å². The number of nitrogens with zero attached hydrogens (tertiary/aromatic N) is 1. The molecule has 0 unspecified atom stereocenters. The zero-order valence-electron chi connectivity index (χ0n) is 9.10. The fraction of sp³-hybridized carbons (Fsp3) is 0.300. The minimum atomic E-state index is -0.464. The van der Waals surface area contributed by atoms with E-state index in [0.717, 1.165) is 0 Å². The van der Waals surface area contributed by atoms with E-state index in [-0.39, 0.29) is 18.2 Å². The lowest BCUT2D eigenvalue weighted by Gasteiger charge is -2.06. The molecule has 0 aliphatic heterocycles. The van der Waals surface area contributed by atoms with Crippen molar-refractivity contribution in [2.45, 2.75) is 6.54 Å². The summed E-state index contributed by atoms with van der Waals surface area (Å²) < 4.78 is 4.88. The number of methoxy groups -OCH3 is 1. The molecule has 92 valence electrons. The van der Waals surface area contributed by atoms with Gasteiger partial charge in [0.05, 0.1) is 23.1 Å². The van der Waals surface area contributed by atoms with E-state index in [0.29, 0.717) is 16.6 Å². The van der Waals surface area contributed by atoms with Crippen molar-refractivity contribution < 1.29 is 14.5 Å². The highest BCUT2D eigenvalue weighted by atomic mass is 79.9. The summed E-state index contributed by atoms with van der Waals surface area (Å²) in [5.41, 5.74) is 0.713. The predicted molar refractivity (Wildman–Crippen MR) is 64.5 cm³/mol. The zero-order valence-corrected chi connectivity index (χ0v) is 10.7. The quantitative estimate of drug-likeness (QED) is 0.508. The van der Waals surface area contributed by atoms with Crippen molar-refractivity contribution >= 4 is 27.6 Å². The third-order valence-corrected chi connectivity index (χ3v) is 2.98. The standard InChI is InChI=1S/C10H11BrN2O4/c1-17-9(14)6-12-5-7-3-2-4-8(10(7)11)13(15)16/h2-4,12H,5-6H2,1H3. The normalized spacial score (nSPS) is 10.0. The number of carbonyl (C=O) groups is 1. The van der Waals surface area contributed by atoms with Crippen molar-refractivity contribution in [1.29, 1.82) is 0 Å². The number of hydrogen-bond acceptors (Lipinski definition) is 5. The van der Waals surface area contributed by atoms with Crippen LogP contribution in [0, 0.1) is 10.1 Å². The average molecular weight is 303 g/mol. The van der Waals surface area contributed by atoms with E-state index in [1.54, 1.807) is 12.1 Å². The summed E-state index contributed by atoms with van der Waals surface area (Å²) in [6.07, 6.45) is 0. The molecule has 0 bridgehead atoms. The number of nitrogens with one attached hydrogen (secondary N) is 1. The summed E-state index contributed by atoms with van der Waals surface area (Å²) in [4.78, 5) is 21.1. The number of benzene rings is 1. The van der Waals surface area contributed by atoms with E-state index in [4.69, 9.17) is 0 Å². The van der Waals surface area contributed by atoms with E-state index < -0.39 is 4.92 Å². The van der Waals surface area contributed by atoms with Crippen LogP contribution in [0.4, 0.5) is 5.69 Å². The second-order valence-electron chi connectivity index (χ2n) is 3.19. The molecule has 0 atom stereocenters. The minimum Gasteiger partial charge on any atom is -0.468 e. The van der Waals surface area contributed by atoms with Gasteiger partial charge in [0.15, 0.2) is 0 Å². The van der Waals surface area contributed by atoms with Crippen LogP contribution in [-0.4, -0.2) is 24.5 Å². The van der Waals surface area contributed by atoms with Crippen molar-refractivity contribution in [2.24, 2.45) is 0 Å². The van der Waals surface area contributed by atoms with Gasteiger partial charge in [0.1, 0.15) is 0 Å². The van der Waals surface area contributed by atoms with Crippen LogP contribution in [0.5, 0.6) is 0 Å². The molecule has 0 fully saturated rings. The maximum atomic E-state index is 10.9. The van der Waals surface area contributed by atoms with Gasteiger partial charge in [-0.05, 0) is 21.5 Å². The first kappa shape index (κ1) is 13.6. The Bertz CT molecular complexity index is 436. The summed E-state index contributed by atoms with van der Waals surface area (Å²) in [7, 11) is 1.30. The van der Waals surface area contributed by atoms with Crippen molar-refractivity contribution in [3.63, 3.8) is 0 Å². The molecule has 1 rings (SSSR count). The van der Waals surface area contributed by atoms with Crippen LogP contribution in [0.1, 0.15) is 5.56 Å². The molecule has 0 saturated heterocycles. The largest absolute Gasteiger partial charge is 0.468 e. The lowest BCUT2D eigenvalue weighted by molar-refractivity contribution is -0.385. The molecule has 1 N–H and O–H groups in total. The zero-order chi connectivity index (χ0) is 12.8. The molecule has 1 aromatic carbocycles. The first-order valence-corrected chi connectivity index (χ1v) is 5.55. The minimum absolute atomic E-state index is 0.00219. The van der Waals surface area contributed by atoms with Gasteiger partial charge in [-0.3, -0.25) is 14.9 Å². The lowest BCUT2D eigenvalue weighted by Crippen LogP contribution is -2.23. The van der Waals surface area contributed by atoms with Crippen molar-refractivity contribution in [3.8, 4) is 0 Å². The fourth-order valence-electron chi connectivity index (χ4n) is 1.22. The average Bonchev–Trinajstić information content (AvgIpc) is 2.30. The van der Waals surface area contributed by atoms with Gasteiger partial charge in [-0.15, -0.1) is 0 Å². The molecule has 0 heterocycles. The van der Waals surface area contributed by atoms with E-state index in [1.165, 1.54) is 13.2 Å². The van der Waals surface area contributed by atoms with Gasteiger partial charge in [-0.25, -0.2) is 0 Å². The van der Waals surface area contributed by atoms with Crippen LogP contribution in [-0.2, 0) is 16.1 Å². The predicted octanol–water partition coefficient (Wildman–Crippen LogP) is 1.62. The van der Waals surface area contributed by atoms with Gasteiger partial charge < -0.3 is 10.1 Å². The highest BCUT2D eigenvalue weighted by molar-refractivity contribution is 9.10. The van der Waals surface area contributed by atoms with Crippen LogP contribution in [0.15, 0.2) is 22.7 Å². The SMILES string of the molecule is COC(=O)CNCc1cccc([N+](=O)[O-])c1Br. The van der Waals surface area contributed by atoms with Crippen LogP contribution < -0.4 is 5.32 Å². The molecule has 17 heavy (non-hydrogen) atoms. The lowest BCUT2D eigenvalue weighted by atomic mass is 10.2. The monoisotopic (exact) mass is 302 g/mol. The highest BCUT2D eigenvalue weighted by Gasteiger charge is 2.14. The number of ether oxygens (including phenoxy) is 1. The molecule has 0 radical (unpaired) electrons. The fourth-order valence-corrected chi connectivity index (χ4v) is 1.76. The van der Waals surface area contributed by atoms with E-state index in [2.05, 4.69) is 26.0 Å². The van der Waals surface area contributed by atoms with E-state index >= 15 is 0 Å². The Morgan fingerprint density at radius 2 is 2.29 bits per heavy atom. The third-order valence-electron chi connectivity index (χ3n) is 2.07. The van der Waals surface area contributed by atoms with Crippen molar-refractivity contribution in [2.75, 3.05) is 13.7 Å². The Hall–Kier alpha value is -1.47. The van der Waals surface area contributed by atoms with Crippen LogP contribution >= 0.6 is 15.9 Å². The molecule has 7 heteroatoms. The van der Waals surface area contributed by atoms with Crippen molar-refractivity contribution in [3.05, 3.63) is 38.3 Å². The first-order valence-electron chi connectivity index (χ1n) is 4.75. The molecule has 0 spiro atoms. The van der Waals surface area contributed by atoms with Gasteiger partial charge >= 0.3 is 5.97 Å². The van der Waals surface area contributed by atoms with Crippen LogP contribution in [0.3, 0.4) is 0 Å². The molecular formula is C10H11BrN2O4. The van der Waals surface area contributed by atoms with E-state index in [1.807, 2.05) is 0 Å². The van der Waals surface area contributed by atoms with Crippen LogP contribution in [0.2, 0.25) is 0 Å². The number of rotatable bonds is 5. The van der Waals surface area contributed by atoms with Gasteiger partial charge in [0.25, 0.3) is 5.69 Å². The van der Waals surface area contributed by atoms with Crippen molar-refractivity contribution in [1.82, 2.24) is 5.32 Å². The molecule has 6 nitrogen and oxygen atoms in total. The number of nitro groups is 1. The summed E-state index contributed by atoms with van der Waals surface area (Å²) in [5.74, 6) is -0.383. The van der Waals surface area contributed by atoms with Gasteiger partial charge in [-0.2, -0.15) is 0 Å². The topological polar surface area (TPSA) is 81.5 Å². The third kappa shape index (κ3) is 3.79. The summed E-state index contributed by atoms with van der Waals surface area (Å²) >= 11 is 3.17. The summed E-state index contributed by atoms with van der Waals surface area (Å²) in [6, 6.07) is 4.74. The first-order chi connectivity index (χ1) is 8.06. The van der Waals surface area contributed by atoms with Gasteiger partial charge in [0, 0.05) is 12.6 Å². The van der Waals surface area contributed by atoms with Crippen LogP contribution in [0.25, 0.3) is 0 Å².